The number of halogens is 2. The minimum Gasteiger partial charge on any atom is -0.362 e. The van der Waals surface area contributed by atoms with Crippen molar-refractivity contribution in [3.05, 3.63) is 88.3 Å². The van der Waals surface area contributed by atoms with Crippen molar-refractivity contribution in [3.63, 3.8) is 0 Å². The van der Waals surface area contributed by atoms with Crippen LogP contribution in [0.5, 0.6) is 0 Å². The molecule has 0 spiro atoms. The molecule has 4 nitrogen and oxygen atoms in total. The molecular weight excluding hydrogens is 398 g/mol. The van der Waals surface area contributed by atoms with Crippen molar-refractivity contribution in [3.8, 4) is 0 Å². The maximum atomic E-state index is 13.6. The van der Waals surface area contributed by atoms with Crippen molar-refractivity contribution in [1.29, 1.82) is 0 Å². The SMILES string of the molecule is CC1=C(C(=O)Nc2cccc(F)c2)[C@H](c2ccc(F)cc2)C2=C(CC(C)(C)CC2=O)N1. The summed E-state index contributed by atoms with van der Waals surface area (Å²) < 4.78 is 27.2. The minimum atomic E-state index is -0.631. The lowest BCUT2D eigenvalue weighted by Gasteiger charge is -2.39. The van der Waals surface area contributed by atoms with Crippen LogP contribution < -0.4 is 10.6 Å². The smallest absolute Gasteiger partial charge is 0.254 e. The lowest BCUT2D eigenvalue weighted by molar-refractivity contribution is -0.118. The van der Waals surface area contributed by atoms with E-state index in [2.05, 4.69) is 10.6 Å². The van der Waals surface area contributed by atoms with Crippen molar-refractivity contribution in [2.24, 2.45) is 5.41 Å². The van der Waals surface area contributed by atoms with Gasteiger partial charge in [-0.1, -0.05) is 32.0 Å². The highest BCUT2D eigenvalue weighted by Crippen LogP contribution is 2.46. The Labute approximate surface area is 180 Å². The Morgan fingerprint density at radius 1 is 1.06 bits per heavy atom. The van der Waals surface area contributed by atoms with Gasteiger partial charge in [0.2, 0.25) is 0 Å². The second-order valence-electron chi connectivity index (χ2n) is 8.95. The normalized spacial score (nSPS) is 20.3. The lowest BCUT2D eigenvalue weighted by atomic mass is 9.68. The van der Waals surface area contributed by atoms with Gasteiger partial charge in [-0.05, 0) is 54.7 Å². The first kappa shape index (κ1) is 21.0. The van der Waals surface area contributed by atoms with Crippen molar-refractivity contribution < 1.29 is 18.4 Å². The van der Waals surface area contributed by atoms with Gasteiger partial charge in [-0.2, -0.15) is 0 Å². The van der Waals surface area contributed by atoms with E-state index in [1.54, 1.807) is 25.1 Å². The van der Waals surface area contributed by atoms with Crippen molar-refractivity contribution in [2.75, 3.05) is 5.32 Å². The first-order chi connectivity index (χ1) is 14.6. The third-order valence-corrected chi connectivity index (χ3v) is 5.77. The standard InChI is InChI=1S/C25H24F2N2O2/c1-14-21(24(31)29-18-6-4-5-17(27)11-18)22(15-7-9-16(26)10-8-15)23-19(28-14)12-25(2,3)13-20(23)30/h4-11,22,28H,12-13H2,1-3H3,(H,29,31)/t22-/m0/s1. The molecule has 1 aliphatic carbocycles. The number of allylic oxidation sites excluding steroid dienone is 3. The van der Waals surface area contributed by atoms with E-state index in [9.17, 15) is 18.4 Å². The number of benzene rings is 2. The van der Waals surface area contributed by atoms with Gasteiger partial charge in [0.05, 0.1) is 0 Å². The molecule has 1 atom stereocenters. The van der Waals surface area contributed by atoms with Crippen molar-refractivity contribution in [1.82, 2.24) is 5.32 Å². The predicted molar refractivity (Wildman–Crippen MR) is 115 cm³/mol. The third-order valence-electron chi connectivity index (χ3n) is 5.77. The Morgan fingerprint density at radius 2 is 1.77 bits per heavy atom. The lowest BCUT2D eigenvalue weighted by Crippen LogP contribution is -2.39. The van der Waals surface area contributed by atoms with E-state index in [4.69, 9.17) is 0 Å². The number of carbonyl (C=O) groups is 2. The van der Waals surface area contributed by atoms with Gasteiger partial charge >= 0.3 is 0 Å². The number of Topliss-reactive ketones (excluding diaryl/α,β-unsaturated/α-hetero) is 1. The summed E-state index contributed by atoms with van der Waals surface area (Å²) in [6, 6.07) is 11.5. The molecule has 0 saturated heterocycles. The summed E-state index contributed by atoms with van der Waals surface area (Å²) >= 11 is 0. The predicted octanol–water partition coefficient (Wildman–Crippen LogP) is 5.21. The highest BCUT2D eigenvalue weighted by Gasteiger charge is 2.42. The summed E-state index contributed by atoms with van der Waals surface area (Å²) in [6.45, 7) is 5.86. The zero-order chi connectivity index (χ0) is 22.3. The molecule has 1 amide bonds. The molecule has 0 unspecified atom stereocenters. The van der Waals surface area contributed by atoms with Crippen LogP contribution in [-0.2, 0) is 9.59 Å². The van der Waals surface area contributed by atoms with Crippen LogP contribution >= 0.6 is 0 Å². The molecule has 0 saturated carbocycles. The Morgan fingerprint density at radius 3 is 2.45 bits per heavy atom. The van der Waals surface area contributed by atoms with Crippen molar-refractivity contribution in [2.45, 2.75) is 39.5 Å². The Hall–Kier alpha value is -3.28. The maximum absolute atomic E-state index is 13.6. The zero-order valence-corrected chi connectivity index (χ0v) is 17.7. The number of anilines is 1. The molecule has 0 radical (unpaired) electrons. The molecule has 31 heavy (non-hydrogen) atoms. The van der Waals surface area contributed by atoms with Crippen LogP contribution in [0.3, 0.4) is 0 Å². The highest BCUT2D eigenvalue weighted by molar-refractivity contribution is 6.09. The number of hydrogen-bond acceptors (Lipinski definition) is 3. The van der Waals surface area contributed by atoms with Gasteiger partial charge in [0.15, 0.2) is 5.78 Å². The monoisotopic (exact) mass is 422 g/mol. The molecule has 2 N–H and O–H groups in total. The van der Waals surface area contributed by atoms with Gasteiger partial charge in [-0.3, -0.25) is 9.59 Å². The minimum absolute atomic E-state index is 0.0309. The second kappa shape index (κ2) is 7.76. The summed E-state index contributed by atoms with van der Waals surface area (Å²) in [6.07, 6.45) is 1.03. The largest absolute Gasteiger partial charge is 0.362 e. The highest BCUT2D eigenvalue weighted by atomic mass is 19.1. The first-order valence-corrected chi connectivity index (χ1v) is 10.2. The van der Waals surface area contributed by atoms with E-state index in [0.29, 0.717) is 40.9 Å². The summed E-state index contributed by atoms with van der Waals surface area (Å²) in [5.41, 5.74) is 3.11. The molecular formula is C25H24F2N2O2. The van der Waals surface area contributed by atoms with Crippen LogP contribution in [0.15, 0.2) is 71.1 Å². The van der Waals surface area contributed by atoms with Gasteiger partial charge in [0, 0.05) is 40.6 Å². The Kier molecular flexibility index (Phi) is 5.25. The summed E-state index contributed by atoms with van der Waals surface area (Å²) in [5, 5.41) is 6.01. The zero-order valence-electron chi connectivity index (χ0n) is 17.7. The number of hydrogen-bond donors (Lipinski definition) is 2. The van der Waals surface area contributed by atoms with E-state index in [-0.39, 0.29) is 11.2 Å². The fraction of sp³-hybridized carbons (Fsp3) is 0.280. The average molecular weight is 422 g/mol. The molecule has 1 heterocycles. The molecule has 0 bridgehead atoms. The van der Waals surface area contributed by atoms with E-state index >= 15 is 0 Å². The molecule has 2 aromatic carbocycles. The maximum Gasteiger partial charge on any atom is 0.254 e. The van der Waals surface area contributed by atoms with E-state index in [0.717, 1.165) is 5.70 Å². The second-order valence-corrected chi connectivity index (χ2v) is 8.95. The van der Waals surface area contributed by atoms with Crippen LogP contribution in [0.1, 0.15) is 45.1 Å². The topological polar surface area (TPSA) is 58.2 Å². The van der Waals surface area contributed by atoms with Crippen LogP contribution in [0.25, 0.3) is 0 Å². The first-order valence-electron chi connectivity index (χ1n) is 10.2. The number of rotatable bonds is 3. The quantitative estimate of drug-likeness (QED) is 0.714. The molecule has 4 rings (SSSR count). The third kappa shape index (κ3) is 4.15. The number of ketones is 1. The van der Waals surface area contributed by atoms with E-state index in [1.165, 1.54) is 30.3 Å². The Bertz CT molecular complexity index is 1130. The fourth-order valence-corrected chi connectivity index (χ4v) is 4.49. The number of carbonyl (C=O) groups excluding carboxylic acids is 2. The number of dihydropyridines is 1. The molecule has 2 aromatic rings. The van der Waals surface area contributed by atoms with Crippen molar-refractivity contribution >= 4 is 17.4 Å². The average Bonchev–Trinajstić information content (AvgIpc) is 2.66. The van der Waals surface area contributed by atoms with Crippen LogP contribution in [0.4, 0.5) is 14.5 Å². The number of amides is 1. The van der Waals surface area contributed by atoms with E-state index < -0.39 is 23.5 Å². The molecule has 1 aliphatic heterocycles. The molecule has 0 fully saturated rings. The Balaban J connectivity index is 1.80. The van der Waals surface area contributed by atoms with Gasteiger partial charge in [-0.25, -0.2) is 8.78 Å². The molecule has 160 valence electrons. The fourth-order valence-electron chi connectivity index (χ4n) is 4.49. The summed E-state index contributed by atoms with van der Waals surface area (Å²) in [4.78, 5) is 26.5. The summed E-state index contributed by atoms with van der Waals surface area (Å²) in [5.74, 6) is -1.95. The van der Waals surface area contributed by atoms with Gasteiger partial charge in [0.1, 0.15) is 11.6 Å². The van der Waals surface area contributed by atoms with Gasteiger partial charge in [0.25, 0.3) is 5.91 Å². The molecule has 6 heteroatoms. The molecule has 0 aromatic heterocycles. The van der Waals surface area contributed by atoms with Crippen LogP contribution in [-0.4, -0.2) is 11.7 Å². The molecule has 2 aliphatic rings. The van der Waals surface area contributed by atoms with Crippen LogP contribution in [0, 0.1) is 17.0 Å². The van der Waals surface area contributed by atoms with Crippen LogP contribution in [0.2, 0.25) is 0 Å². The number of nitrogens with one attached hydrogen (secondary N) is 2. The van der Waals surface area contributed by atoms with Gasteiger partial charge < -0.3 is 10.6 Å². The summed E-state index contributed by atoms with van der Waals surface area (Å²) in [7, 11) is 0. The van der Waals surface area contributed by atoms with E-state index in [1.807, 2.05) is 13.8 Å². The van der Waals surface area contributed by atoms with Gasteiger partial charge in [-0.15, -0.1) is 0 Å².